The van der Waals surface area contributed by atoms with Crippen molar-refractivity contribution in [1.82, 2.24) is 14.8 Å². The van der Waals surface area contributed by atoms with Crippen LogP contribution in [0.2, 0.25) is 0 Å². The molecular formula is C14H24N4S. The zero-order chi connectivity index (χ0) is 13.5. The first kappa shape index (κ1) is 13.5. The Labute approximate surface area is 119 Å². The van der Waals surface area contributed by atoms with Gasteiger partial charge in [-0.15, -0.1) is 11.3 Å². The second kappa shape index (κ2) is 5.13. The maximum atomic E-state index is 6.22. The van der Waals surface area contributed by atoms with Gasteiger partial charge in [0.05, 0.1) is 11.2 Å². The molecule has 2 bridgehead atoms. The van der Waals surface area contributed by atoms with Gasteiger partial charge in [0.25, 0.3) is 0 Å². The normalized spacial score (nSPS) is 34.1. The number of fused-ring (bicyclic) bond motifs is 2. The molecule has 2 fully saturated rings. The fourth-order valence-corrected chi connectivity index (χ4v) is 4.64. The van der Waals surface area contributed by atoms with E-state index in [0.717, 1.165) is 19.0 Å². The second-order valence-corrected chi connectivity index (χ2v) is 7.00. The van der Waals surface area contributed by atoms with E-state index in [1.807, 2.05) is 5.51 Å². The number of thiazole rings is 1. The molecule has 1 aromatic rings. The predicted molar refractivity (Wildman–Crippen MR) is 79.3 cm³/mol. The number of rotatable bonds is 4. The summed E-state index contributed by atoms with van der Waals surface area (Å²) in [5.74, 6) is 0.740. The Kier molecular flexibility index (Phi) is 3.64. The lowest BCUT2D eigenvalue weighted by Gasteiger charge is -2.48. The molecule has 106 valence electrons. The van der Waals surface area contributed by atoms with Crippen molar-refractivity contribution in [3.05, 3.63) is 16.1 Å². The molecule has 2 aliphatic heterocycles. The maximum Gasteiger partial charge on any atom is 0.0798 e. The van der Waals surface area contributed by atoms with E-state index < -0.39 is 0 Å². The Morgan fingerprint density at radius 3 is 3.11 bits per heavy atom. The SMILES string of the molecule is Cc1ncsc1CN(C)C1(CN)CCN2CCC1C2. The standard InChI is InChI=1S/C14H24N4S/c1-11-13(19-10-16-11)8-17(2)14(9-15)4-6-18-5-3-12(14)7-18/h10,12H,3-9,15H2,1-2H3. The first-order valence-corrected chi connectivity index (χ1v) is 8.06. The van der Waals surface area contributed by atoms with Crippen LogP contribution in [0.4, 0.5) is 0 Å². The number of nitrogens with zero attached hydrogens (tertiary/aromatic N) is 3. The average molecular weight is 280 g/mol. The molecule has 3 rings (SSSR count). The first-order chi connectivity index (χ1) is 9.15. The number of hydrogen-bond acceptors (Lipinski definition) is 5. The lowest BCUT2D eigenvalue weighted by molar-refractivity contribution is 0.0217. The van der Waals surface area contributed by atoms with Gasteiger partial charge in [-0.05, 0) is 45.8 Å². The minimum absolute atomic E-state index is 0.198. The van der Waals surface area contributed by atoms with Crippen LogP contribution in [0.1, 0.15) is 23.4 Å². The molecule has 3 atom stereocenters. The number of aromatic nitrogens is 1. The molecule has 0 saturated carbocycles. The topological polar surface area (TPSA) is 45.4 Å². The van der Waals surface area contributed by atoms with E-state index in [-0.39, 0.29) is 5.54 Å². The third-order valence-electron chi connectivity index (χ3n) is 5.23. The van der Waals surface area contributed by atoms with Crippen LogP contribution < -0.4 is 5.73 Å². The fourth-order valence-electron chi connectivity index (χ4n) is 3.81. The molecule has 5 heteroatoms. The molecule has 0 aliphatic carbocycles. The van der Waals surface area contributed by atoms with Crippen LogP contribution in [0.3, 0.4) is 0 Å². The third kappa shape index (κ3) is 2.23. The molecular weight excluding hydrogens is 256 g/mol. The third-order valence-corrected chi connectivity index (χ3v) is 6.15. The monoisotopic (exact) mass is 280 g/mol. The van der Waals surface area contributed by atoms with Crippen LogP contribution in [0.25, 0.3) is 0 Å². The molecule has 19 heavy (non-hydrogen) atoms. The summed E-state index contributed by atoms with van der Waals surface area (Å²) in [6.07, 6.45) is 2.52. The summed E-state index contributed by atoms with van der Waals surface area (Å²) in [7, 11) is 2.25. The number of aryl methyl sites for hydroxylation is 1. The summed E-state index contributed by atoms with van der Waals surface area (Å²) in [5, 5.41) is 0. The quantitative estimate of drug-likeness (QED) is 0.903. The van der Waals surface area contributed by atoms with E-state index in [4.69, 9.17) is 5.73 Å². The Morgan fingerprint density at radius 1 is 1.58 bits per heavy atom. The second-order valence-electron chi connectivity index (χ2n) is 6.06. The Balaban J connectivity index is 1.79. The molecule has 0 amide bonds. The molecule has 0 aromatic carbocycles. The first-order valence-electron chi connectivity index (χ1n) is 7.18. The van der Waals surface area contributed by atoms with Crippen molar-refractivity contribution in [3.63, 3.8) is 0 Å². The van der Waals surface area contributed by atoms with Crippen LogP contribution >= 0.6 is 11.3 Å². The number of nitrogens with two attached hydrogens (primary N) is 1. The van der Waals surface area contributed by atoms with Crippen LogP contribution in [-0.4, -0.2) is 53.5 Å². The van der Waals surface area contributed by atoms with Crippen molar-refractivity contribution >= 4 is 11.3 Å². The lowest BCUT2D eigenvalue weighted by Crippen LogP contribution is -2.60. The molecule has 0 spiro atoms. The van der Waals surface area contributed by atoms with E-state index in [1.165, 1.54) is 43.0 Å². The van der Waals surface area contributed by atoms with E-state index >= 15 is 0 Å². The Morgan fingerprint density at radius 2 is 2.42 bits per heavy atom. The van der Waals surface area contributed by atoms with Crippen LogP contribution in [-0.2, 0) is 6.54 Å². The zero-order valence-electron chi connectivity index (χ0n) is 11.9. The summed E-state index contributed by atoms with van der Waals surface area (Å²) < 4.78 is 0. The smallest absolute Gasteiger partial charge is 0.0798 e. The molecule has 2 aliphatic rings. The zero-order valence-corrected chi connectivity index (χ0v) is 12.7. The van der Waals surface area contributed by atoms with Gasteiger partial charge in [0.2, 0.25) is 0 Å². The van der Waals surface area contributed by atoms with Crippen molar-refractivity contribution < 1.29 is 0 Å². The summed E-state index contributed by atoms with van der Waals surface area (Å²) >= 11 is 1.77. The highest BCUT2D eigenvalue weighted by atomic mass is 32.1. The average Bonchev–Trinajstić information content (AvgIpc) is 2.99. The number of likely N-dealkylation sites (N-methyl/N-ethyl adjacent to an activating group) is 1. The minimum Gasteiger partial charge on any atom is -0.329 e. The Bertz CT molecular complexity index is 446. The van der Waals surface area contributed by atoms with Gasteiger partial charge in [0.1, 0.15) is 0 Å². The van der Waals surface area contributed by atoms with E-state index in [9.17, 15) is 0 Å². The lowest BCUT2D eigenvalue weighted by atomic mass is 9.77. The van der Waals surface area contributed by atoms with Gasteiger partial charge < -0.3 is 10.6 Å². The summed E-state index contributed by atoms with van der Waals surface area (Å²) in [6.45, 7) is 7.58. The highest BCUT2D eigenvalue weighted by molar-refractivity contribution is 7.09. The summed E-state index contributed by atoms with van der Waals surface area (Å²) in [4.78, 5) is 10.9. The van der Waals surface area contributed by atoms with Crippen LogP contribution in [0, 0.1) is 12.8 Å². The number of hydrogen-bond donors (Lipinski definition) is 1. The van der Waals surface area contributed by atoms with Crippen molar-refractivity contribution in [2.45, 2.75) is 31.8 Å². The molecule has 2 saturated heterocycles. The predicted octanol–water partition coefficient (Wildman–Crippen LogP) is 1.31. The van der Waals surface area contributed by atoms with Gasteiger partial charge in [-0.25, -0.2) is 4.98 Å². The van der Waals surface area contributed by atoms with E-state index in [2.05, 4.69) is 28.8 Å². The summed E-state index contributed by atoms with van der Waals surface area (Å²) in [6, 6.07) is 0. The van der Waals surface area contributed by atoms with Gasteiger partial charge in [-0.1, -0.05) is 0 Å². The molecule has 4 nitrogen and oxygen atoms in total. The van der Waals surface area contributed by atoms with Crippen LogP contribution in [0.5, 0.6) is 0 Å². The maximum absolute atomic E-state index is 6.22. The highest BCUT2D eigenvalue weighted by Gasteiger charge is 2.47. The minimum atomic E-state index is 0.198. The van der Waals surface area contributed by atoms with E-state index in [0.29, 0.717) is 0 Å². The molecule has 3 heterocycles. The highest BCUT2D eigenvalue weighted by Crippen LogP contribution is 2.39. The largest absolute Gasteiger partial charge is 0.329 e. The Hall–Kier alpha value is -0.490. The molecule has 2 N–H and O–H groups in total. The molecule has 0 radical (unpaired) electrons. The van der Waals surface area contributed by atoms with Crippen molar-refractivity contribution in [2.75, 3.05) is 33.2 Å². The van der Waals surface area contributed by atoms with Gasteiger partial charge in [0.15, 0.2) is 0 Å². The molecule has 3 unspecified atom stereocenters. The van der Waals surface area contributed by atoms with Crippen LogP contribution in [0.15, 0.2) is 5.51 Å². The van der Waals surface area contributed by atoms with Gasteiger partial charge in [-0.2, -0.15) is 0 Å². The fraction of sp³-hybridized carbons (Fsp3) is 0.786. The van der Waals surface area contributed by atoms with Gasteiger partial charge in [-0.3, -0.25) is 4.90 Å². The van der Waals surface area contributed by atoms with E-state index in [1.54, 1.807) is 11.3 Å². The summed E-state index contributed by atoms with van der Waals surface area (Å²) in [5.41, 5.74) is 9.54. The van der Waals surface area contributed by atoms with Gasteiger partial charge in [0, 0.05) is 30.1 Å². The molecule has 1 aromatic heterocycles. The van der Waals surface area contributed by atoms with Crippen molar-refractivity contribution in [1.29, 1.82) is 0 Å². The number of piperidine rings is 1. The van der Waals surface area contributed by atoms with Crippen molar-refractivity contribution in [3.8, 4) is 0 Å². The van der Waals surface area contributed by atoms with Gasteiger partial charge >= 0.3 is 0 Å². The van der Waals surface area contributed by atoms with Crippen molar-refractivity contribution in [2.24, 2.45) is 11.7 Å².